The van der Waals surface area contributed by atoms with E-state index in [-0.39, 0.29) is 25.9 Å². The lowest BCUT2D eigenvalue weighted by molar-refractivity contribution is -0.161. The summed E-state index contributed by atoms with van der Waals surface area (Å²) in [4.78, 5) is 48.3. The van der Waals surface area contributed by atoms with Crippen LogP contribution in [0.5, 0.6) is 0 Å². The summed E-state index contributed by atoms with van der Waals surface area (Å²) in [5.41, 5.74) is 0. The fourth-order valence-corrected chi connectivity index (χ4v) is 7.46. The molecule has 11 nitrogen and oxygen atoms in total. The lowest BCUT2D eigenvalue weighted by Gasteiger charge is -2.21. The van der Waals surface area contributed by atoms with Crippen LogP contribution in [-0.4, -0.2) is 66.5 Å². The Morgan fingerprint density at radius 3 is 1.20 bits per heavy atom. The Labute approximate surface area is 425 Å². The number of unbranched alkanes of at least 4 members (excludes halogenated alkanes) is 13. The molecule has 70 heavy (non-hydrogen) atoms. The molecule has 2 N–H and O–H groups in total. The summed E-state index contributed by atoms with van der Waals surface area (Å²) >= 11 is 0. The van der Waals surface area contributed by atoms with Crippen LogP contribution in [0.3, 0.4) is 0 Å². The molecule has 0 spiro atoms. The number of hydrogen-bond acceptors (Lipinski definition) is 10. The van der Waals surface area contributed by atoms with Crippen LogP contribution in [0.1, 0.15) is 201 Å². The Hall–Kier alpha value is -3.86. The molecule has 0 saturated heterocycles. The Morgan fingerprint density at radius 1 is 0.414 bits per heavy atom. The van der Waals surface area contributed by atoms with E-state index in [0.717, 1.165) is 103 Å². The lowest BCUT2D eigenvalue weighted by atomic mass is 10.1. The van der Waals surface area contributed by atoms with Crippen molar-refractivity contribution < 1.29 is 52.2 Å². The normalized spacial score (nSPS) is 14.3. The lowest BCUT2D eigenvalue weighted by Crippen LogP contribution is -2.30. The van der Waals surface area contributed by atoms with E-state index >= 15 is 0 Å². The second-order valence-electron chi connectivity index (χ2n) is 17.3. The number of phosphoric acid groups is 1. The van der Waals surface area contributed by atoms with Gasteiger partial charge in [0.25, 0.3) is 0 Å². The SMILES string of the molecule is CC/C=C\C/C=C\C/C=C\C/C=C\C/C=C\CCCC(=O)OC(COC(=O)CCCCCCCCCCC)COP(=O)(O)OCC(CO)OC(=O)CCCCCC/C=C\C/C=C\C/C=C\C/C=C\CC. The highest BCUT2D eigenvalue weighted by Gasteiger charge is 2.28. The van der Waals surface area contributed by atoms with Crippen LogP contribution in [0.2, 0.25) is 0 Å². The molecule has 0 amide bonds. The first-order chi connectivity index (χ1) is 34.2. The van der Waals surface area contributed by atoms with Crippen LogP contribution >= 0.6 is 7.82 Å². The van der Waals surface area contributed by atoms with Gasteiger partial charge >= 0.3 is 25.7 Å². The van der Waals surface area contributed by atoms with Gasteiger partial charge in [0, 0.05) is 19.3 Å². The first-order valence-corrected chi connectivity index (χ1v) is 28.3. The van der Waals surface area contributed by atoms with Gasteiger partial charge in [-0.3, -0.25) is 23.4 Å². The van der Waals surface area contributed by atoms with Crippen LogP contribution in [0, 0.1) is 0 Å². The number of aliphatic hydroxyl groups excluding tert-OH is 1. The maximum absolute atomic E-state index is 12.9. The van der Waals surface area contributed by atoms with Gasteiger partial charge in [-0.1, -0.05) is 194 Å². The van der Waals surface area contributed by atoms with Crippen LogP contribution in [0.25, 0.3) is 0 Å². The number of carbonyl (C=O) groups excluding carboxylic acids is 3. The molecule has 0 fully saturated rings. The third-order valence-electron chi connectivity index (χ3n) is 10.7. The fourth-order valence-electron chi connectivity index (χ4n) is 6.68. The third-order valence-corrected chi connectivity index (χ3v) is 11.6. The number of esters is 3. The summed E-state index contributed by atoms with van der Waals surface area (Å²) in [6, 6.07) is 0. The minimum absolute atomic E-state index is 0.0834. The summed E-state index contributed by atoms with van der Waals surface area (Å²) in [6.07, 6.45) is 60.7. The summed E-state index contributed by atoms with van der Waals surface area (Å²) in [7, 11) is -4.77. The quantitative estimate of drug-likeness (QED) is 0.0197. The maximum atomic E-state index is 12.9. The van der Waals surface area contributed by atoms with Crippen LogP contribution < -0.4 is 0 Å². The standard InChI is InChI=1S/C58H95O11P/c1-4-7-10-13-16-19-21-23-25-27-29-31-33-36-39-42-45-48-57(61)68-54(50-59)52-66-70(63,64)67-53-55(51-65-56(60)47-44-41-38-35-18-15-12-9-6-3)69-58(62)49-46-43-40-37-34-32-30-28-26-24-22-20-17-14-11-8-5-2/h7-8,10-11,16-17,19-20,23-26,29-32,37,40,54-55,59H,4-6,9,12-15,18,21-22,27-28,33-36,38-39,41-53H2,1-3H3,(H,63,64)/b10-7-,11-8-,19-16-,20-17-,25-23-,26-24-,31-29-,32-30-,40-37-. The first-order valence-electron chi connectivity index (χ1n) is 26.8. The van der Waals surface area contributed by atoms with Gasteiger partial charge < -0.3 is 24.2 Å². The smallest absolute Gasteiger partial charge is 0.462 e. The van der Waals surface area contributed by atoms with Crippen LogP contribution in [0.4, 0.5) is 0 Å². The van der Waals surface area contributed by atoms with E-state index in [2.05, 4.69) is 118 Å². The van der Waals surface area contributed by atoms with Crippen molar-refractivity contribution in [1.29, 1.82) is 0 Å². The van der Waals surface area contributed by atoms with E-state index in [9.17, 15) is 28.9 Å². The molecule has 0 radical (unpaired) electrons. The van der Waals surface area contributed by atoms with Crippen molar-refractivity contribution in [2.45, 2.75) is 213 Å². The summed E-state index contributed by atoms with van der Waals surface area (Å²) in [5, 5.41) is 9.79. The van der Waals surface area contributed by atoms with E-state index in [1.165, 1.54) is 32.1 Å². The molecule has 0 heterocycles. The predicted molar refractivity (Wildman–Crippen MR) is 288 cm³/mol. The van der Waals surface area contributed by atoms with Gasteiger partial charge in [-0.05, 0) is 96.3 Å². The van der Waals surface area contributed by atoms with Crippen molar-refractivity contribution in [1.82, 2.24) is 0 Å². The van der Waals surface area contributed by atoms with E-state index in [0.29, 0.717) is 25.7 Å². The van der Waals surface area contributed by atoms with Crippen molar-refractivity contribution in [3.05, 3.63) is 109 Å². The molecular weight excluding hydrogens is 904 g/mol. The molecule has 398 valence electrons. The topological polar surface area (TPSA) is 155 Å². The number of aliphatic hydroxyl groups is 1. The maximum Gasteiger partial charge on any atom is 0.472 e. The van der Waals surface area contributed by atoms with Gasteiger partial charge in [-0.15, -0.1) is 0 Å². The highest BCUT2D eigenvalue weighted by molar-refractivity contribution is 7.47. The Bertz CT molecular complexity index is 1590. The van der Waals surface area contributed by atoms with Gasteiger partial charge in [0.1, 0.15) is 12.7 Å². The molecular formula is C58H95O11P. The van der Waals surface area contributed by atoms with Gasteiger partial charge in [0.05, 0.1) is 19.8 Å². The molecule has 0 aromatic carbocycles. The van der Waals surface area contributed by atoms with Crippen molar-refractivity contribution in [3.63, 3.8) is 0 Å². The van der Waals surface area contributed by atoms with E-state index < -0.39 is 57.8 Å². The average molecular weight is 999 g/mol. The largest absolute Gasteiger partial charge is 0.472 e. The molecule has 0 aromatic rings. The van der Waals surface area contributed by atoms with E-state index in [4.69, 9.17) is 23.3 Å². The van der Waals surface area contributed by atoms with Gasteiger partial charge in [-0.25, -0.2) is 4.57 Å². The van der Waals surface area contributed by atoms with Gasteiger partial charge in [-0.2, -0.15) is 0 Å². The molecule has 0 rings (SSSR count). The average Bonchev–Trinajstić information content (AvgIpc) is 3.35. The van der Waals surface area contributed by atoms with Crippen LogP contribution in [0.15, 0.2) is 109 Å². The third kappa shape index (κ3) is 49.1. The molecule has 0 aliphatic carbocycles. The number of phosphoric ester groups is 1. The molecule has 0 aliphatic heterocycles. The van der Waals surface area contributed by atoms with Crippen molar-refractivity contribution in [2.24, 2.45) is 0 Å². The fraction of sp³-hybridized carbons (Fsp3) is 0.638. The number of carbonyl (C=O) groups is 3. The molecule has 0 aliphatic rings. The Morgan fingerprint density at radius 2 is 0.757 bits per heavy atom. The zero-order chi connectivity index (χ0) is 51.3. The molecule has 3 unspecified atom stereocenters. The molecule has 0 bridgehead atoms. The van der Waals surface area contributed by atoms with Crippen molar-refractivity contribution in [3.8, 4) is 0 Å². The molecule has 0 aromatic heterocycles. The second kappa shape index (κ2) is 51.5. The number of allylic oxidation sites excluding steroid dienone is 18. The van der Waals surface area contributed by atoms with Gasteiger partial charge in [0.2, 0.25) is 0 Å². The number of hydrogen-bond donors (Lipinski definition) is 2. The number of ether oxygens (including phenoxy) is 3. The first kappa shape index (κ1) is 66.1. The minimum atomic E-state index is -4.77. The van der Waals surface area contributed by atoms with Crippen molar-refractivity contribution in [2.75, 3.05) is 26.4 Å². The molecule has 3 atom stereocenters. The summed E-state index contributed by atoms with van der Waals surface area (Å²) < 4.78 is 39.3. The molecule has 0 saturated carbocycles. The van der Waals surface area contributed by atoms with E-state index in [1.807, 2.05) is 12.2 Å². The van der Waals surface area contributed by atoms with Gasteiger partial charge in [0.15, 0.2) is 6.10 Å². The zero-order valence-corrected chi connectivity index (χ0v) is 44.6. The Kier molecular flexibility index (Phi) is 48.7. The second-order valence-corrected chi connectivity index (χ2v) is 18.7. The predicted octanol–water partition coefficient (Wildman–Crippen LogP) is 15.5. The highest BCUT2D eigenvalue weighted by Crippen LogP contribution is 2.43. The summed E-state index contributed by atoms with van der Waals surface area (Å²) in [5.74, 6) is -1.57. The molecule has 12 heteroatoms. The monoisotopic (exact) mass is 999 g/mol. The minimum Gasteiger partial charge on any atom is -0.462 e. The number of rotatable bonds is 48. The van der Waals surface area contributed by atoms with Crippen molar-refractivity contribution >= 4 is 25.7 Å². The van der Waals surface area contributed by atoms with Crippen LogP contribution in [-0.2, 0) is 42.2 Å². The Balaban J connectivity index is 4.78. The zero-order valence-electron chi connectivity index (χ0n) is 43.7. The summed E-state index contributed by atoms with van der Waals surface area (Å²) in [6.45, 7) is 4.27. The van der Waals surface area contributed by atoms with E-state index in [1.54, 1.807) is 0 Å². The highest BCUT2D eigenvalue weighted by atomic mass is 31.2.